The summed E-state index contributed by atoms with van der Waals surface area (Å²) in [5.74, 6) is -0.226. The summed E-state index contributed by atoms with van der Waals surface area (Å²) in [6.45, 7) is 9.27. The molecule has 1 amide bonds. The second kappa shape index (κ2) is 13.5. The molecule has 1 aromatic carbocycles. The molecule has 0 unspecified atom stereocenters. The Hall–Kier alpha value is -1.00. The molecule has 0 saturated heterocycles. The van der Waals surface area contributed by atoms with Crippen molar-refractivity contribution in [3.05, 3.63) is 39.4 Å². The first kappa shape index (κ1) is 28.0. The van der Waals surface area contributed by atoms with Gasteiger partial charge in [0.25, 0.3) is 0 Å². The second-order valence-corrected chi connectivity index (χ2v) is 20.3. The fourth-order valence-corrected chi connectivity index (χ4v) is 12.9. The van der Waals surface area contributed by atoms with E-state index < -0.39 is 10.2 Å². The molecule has 31 heavy (non-hydrogen) atoms. The van der Waals surface area contributed by atoms with Crippen LogP contribution in [0.3, 0.4) is 0 Å². The fourth-order valence-electron chi connectivity index (χ4n) is 4.28. The Kier molecular flexibility index (Phi) is 12.2. The number of hydrogen-bond acceptors (Lipinski definition) is 3. The van der Waals surface area contributed by atoms with Crippen LogP contribution in [0.2, 0.25) is 0 Å². The van der Waals surface area contributed by atoms with Crippen LogP contribution in [0, 0.1) is 10.1 Å². The van der Waals surface area contributed by atoms with Gasteiger partial charge in [0.15, 0.2) is 0 Å². The Morgan fingerprint density at radius 1 is 0.968 bits per heavy atom. The van der Waals surface area contributed by atoms with Crippen molar-refractivity contribution in [1.82, 2.24) is 5.32 Å². The van der Waals surface area contributed by atoms with Gasteiger partial charge in [-0.05, 0) is 0 Å². The summed E-state index contributed by atoms with van der Waals surface area (Å²) in [5, 5.41) is 12.3. The Morgan fingerprint density at radius 2 is 1.48 bits per heavy atom. The van der Waals surface area contributed by atoms with Crippen LogP contribution in [0.15, 0.2) is 18.2 Å². The van der Waals surface area contributed by atoms with Crippen LogP contribution in [-0.2, 0) is 6.42 Å². The number of unbranched alkanes of at least 4 members (excludes halogenated alkanes) is 3. The van der Waals surface area contributed by atoms with Gasteiger partial charge in [-0.2, -0.15) is 0 Å². The number of carbonyl (C=O) groups is 1. The Balaban J connectivity index is 2.81. The van der Waals surface area contributed by atoms with Crippen molar-refractivity contribution >= 4 is 32.4 Å². The summed E-state index contributed by atoms with van der Waals surface area (Å²) in [4.78, 5) is 23.5. The van der Waals surface area contributed by atoms with Gasteiger partial charge < -0.3 is 0 Å². The van der Waals surface area contributed by atoms with E-state index in [0.29, 0.717) is 24.1 Å². The second-order valence-electron chi connectivity index (χ2n) is 8.84. The third-order valence-electron chi connectivity index (χ3n) is 6.32. The number of amides is 1. The van der Waals surface area contributed by atoms with Gasteiger partial charge >= 0.3 is 197 Å². The van der Waals surface area contributed by atoms with Gasteiger partial charge in [-0.15, -0.1) is 0 Å². The van der Waals surface area contributed by atoms with E-state index in [0.717, 1.165) is 12.6 Å². The number of nitro groups is 1. The summed E-state index contributed by atoms with van der Waals surface area (Å²) >= 11 is 4.39. The number of nitrogens with zero attached hydrogens (tertiary/aromatic N) is 1. The Morgan fingerprint density at radius 3 is 1.94 bits per heavy atom. The molecule has 0 bridgehead atoms. The zero-order valence-corrected chi connectivity index (χ0v) is 22.4. The van der Waals surface area contributed by atoms with E-state index in [-0.39, 0.29) is 11.6 Å². The molecule has 0 aliphatic heterocycles. The number of carbonyl (C=O) groups excluding carboxylic acids is 1. The molecule has 178 valence electrons. The van der Waals surface area contributed by atoms with Crippen molar-refractivity contribution in [2.45, 2.75) is 79.1 Å². The number of hydrogen-bond donors (Lipinski definition) is 1. The average molecular weight is 517 g/mol. The van der Waals surface area contributed by atoms with Gasteiger partial charge in [0, 0.05) is 0 Å². The monoisotopic (exact) mass is 516 g/mol. The van der Waals surface area contributed by atoms with Gasteiger partial charge in [0.2, 0.25) is 0 Å². The molecule has 0 atom stereocenters. The van der Waals surface area contributed by atoms with E-state index in [4.69, 9.17) is 0 Å². The van der Waals surface area contributed by atoms with E-state index in [1.54, 1.807) is 12.1 Å². The third kappa shape index (κ3) is 8.81. The molecule has 1 rings (SSSR count). The molecule has 0 fully saturated rings. The zero-order chi connectivity index (χ0) is 23.4. The molecular weight excluding hydrogens is 475 g/mol. The maximum absolute atomic E-state index is 12.6. The predicted octanol–water partition coefficient (Wildman–Crippen LogP) is 7.54. The number of halogens is 1. The summed E-state index contributed by atoms with van der Waals surface area (Å²) in [7, 11) is 0. The van der Waals surface area contributed by atoms with E-state index in [2.05, 4.69) is 41.6 Å². The first-order valence-corrected chi connectivity index (χ1v) is 17.0. The van der Waals surface area contributed by atoms with E-state index in [1.165, 1.54) is 63.1 Å². The number of benzene rings is 1. The normalized spacial score (nSPS) is 12.9. The summed E-state index contributed by atoms with van der Waals surface area (Å²) < 4.78 is 0. The van der Waals surface area contributed by atoms with Crippen LogP contribution < -0.4 is 5.32 Å². The van der Waals surface area contributed by atoms with Crippen molar-refractivity contribution in [2.75, 3.05) is 31.2 Å². The molecule has 1 N–H and O–H groups in total. The van der Waals surface area contributed by atoms with Crippen LogP contribution in [0.5, 0.6) is 0 Å². The fraction of sp³-hybridized carbons (Fsp3) is 0.708. The molecule has 0 saturated carbocycles. The first-order chi connectivity index (χ1) is 14.7. The first-order valence-electron chi connectivity index (χ1n) is 12.0. The molecule has 0 radical (unpaired) electrons. The van der Waals surface area contributed by atoms with Crippen molar-refractivity contribution in [3.8, 4) is 0 Å². The van der Waals surface area contributed by atoms with Crippen molar-refractivity contribution in [1.29, 1.82) is 0 Å². The molecule has 5 nitrogen and oxygen atoms in total. The van der Waals surface area contributed by atoms with Crippen LogP contribution in [0.4, 0.5) is 5.69 Å². The van der Waals surface area contributed by atoms with E-state index in [1.807, 2.05) is 6.92 Å². The average Bonchev–Trinajstić information content (AvgIpc) is 2.78. The van der Waals surface area contributed by atoms with E-state index in [9.17, 15) is 14.9 Å². The van der Waals surface area contributed by atoms with Gasteiger partial charge in [-0.3, -0.25) is 0 Å². The predicted molar refractivity (Wildman–Crippen MR) is 139 cm³/mol. The maximum atomic E-state index is 12.6. The zero-order valence-electron chi connectivity index (χ0n) is 19.9. The van der Waals surface area contributed by atoms with Gasteiger partial charge in [0.1, 0.15) is 0 Å². The Labute approximate surface area is 197 Å². The van der Waals surface area contributed by atoms with E-state index >= 15 is 0 Å². The summed E-state index contributed by atoms with van der Waals surface area (Å²) in [6.07, 6.45) is 14.0. The quantitative estimate of drug-likeness (QED) is 0.107. The Bertz CT molecular complexity index is 702. The van der Waals surface area contributed by atoms with Crippen LogP contribution >= 0.6 is 20.8 Å². The number of nitro benzene ring substituents is 1. The molecule has 7 heteroatoms. The SMILES string of the molecule is CCCCP(Br)(CCCC)(CCCC)CCCNC(=O)c1ccc(CC)c([N+](=O)[O-])c1. The summed E-state index contributed by atoms with van der Waals surface area (Å²) in [5.41, 5.74) is 1.04. The van der Waals surface area contributed by atoms with Crippen molar-refractivity contribution in [3.63, 3.8) is 0 Å². The van der Waals surface area contributed by atoms with Gasteiger partial charge in [-0.1, -0.05) is 0 Å². The molecular formula is C24H42BrN2O3P. The van der Waals surface area contributed by atoms with Crippen LogP contribution in [-0.4, -0.2) is 42.0 Å². The number of nitrogens with one attached hydrogen (secondary N) is 1. The van der Waals surface area contributed by atoms with Crippen LogP contribution in [0.25, 0.3) is 0 Å². The van der Waals surface area contributed by atoms with Crippen molar-refractivity contribution in [2.24, 2.45) is 0 Å². The van der Waals surface area contributed by atoms with Crippen LogP contribution in [0.1, 0.15) is 88.6 Å². The van der Waals surface area contributed by atoms with Gasteiger partial charge in [0.05, 0.1) is 0 Å². The summed E-state index contributed by atoms with van der Waals surface area (Å²) in [6, 6.07) is 4.79. The van der Waals surface area contributed by atoms with Gasteiger partial charge in [-0.25, -0.2) is 0 Å². The number of rotatable bonds is 16. The molecule has 0 aliphatic rings. The molecule has 0 spiro atoms. The molecule has 0 aliphatic carbocycles. The molecule has 0 heterocycles. The topological polar surface area (TPSA) is 72.2 Å². The third-order valence-corrected chi connectivity index (χ3v) is 16.3. The van der Waals surface area contributed by atoms with Crippen molar-refractivity contribution < 1.29 is 9.72 Å². The minimum absolute atomic E-state index is 0.0271. The molecule has 0 aromatic heterocycles. The standard InChI is InChI=1S/C24H42BrN2O3P/c1-5-9-16-31(25,17-10-6-2,18-11-7-3)19-12-15-26-24(28)22-14-13-21(8-4)23(20-22)27(29)30/h13-14,20H,5-12,15-19H2,1-4H3,(H,26,28). The minimum atomic E-state index is -1.96. The number of aryl methyl sites for hydroxylation is 1. The molecule has 1 aromatic rings.